The molecule has 3 aromatic heterocycles. The summed E-state index contributed by atoms with van der Waals surface area (Å²) < 4.78 is 5.10. The molecule has 3 aromatic rings. The maximum absolute atomic E-state index is 8.82. The smallest absolute Gasteiger partial charge is 0.263 e. The van der Waals surface area contributed by atoms with Crippen molar-refractivity contribution >= 4 is 63.9 Å². The van der Waals surface area contributed by atoms with Gasteiger partial charge in [-0.25, -0.2) is 10.1 Å². The molecule has 0 N–H and O–H groups in total. The largest absolute Gasteiger partial charge is 0.370 e. The van der Waals surface area contributed by atoms with Crippen molar-refractivity contribution in [3.63, 3.8) is 0 Å². The van der Waals surface area contributed by atoms with E-state index in [0.717, 1.165) is 4.88 Å². The molecule has 0 bridgehead atoms. The average Bonchev–Trinajstić information content (AvgIpc) is 3.05. The van der Waals surface area contributed by atoms with Gasteiger partial charge in [0, 0.05) is 28.4 Å². The lowest BCUT2D eigenvalue weighted by molar-refractivity contribution is 1.16. The Balaban J connectivity index is 2.15. The fourth-order valence-corrected chi connectivity index (χ4v) is 5.74. The zero-order valence-electron chi connectivity index (χ0n) is 10.8. The number of hydrogen-bond donors (Lipinski definition) is 0. The van der Waals surface area contributed by atoms with Crippen LogP contribution in [0.5, 0.6) is 0 Å². The molecule has 0 aromatic carbocycles. The van der Waals surface area contributed by atoms with E-state index in [-0.39, 0.29) is 5.70 Å². The van der Waals surface area contributed by atoms with Crippen LogP contribution in [0.1, 0.15) is 4.88 Å². The highest BCUT2D eigenvalue weighted by Gasteiger charge is 2.13. The summed E-state index contributed by atoms with van der Waals surface area (Å²) in [5, 5.41) is 10.1. The highest BCUT2D eigenvalue weighted by Crippen LogP contribution is 2.46. The van der Waals surface area contributed by atoms with Gasteiger partial charge in [0.25, 0.3) is 5.70 Å². The highest BCUT2D eigenvalue weighted by molar-refractivity contribution is 7.39. The Kier molecular flexibility index (Phi) is 3.23. The molecule has 0 radical (unpaired) electrons. The molecule has 20 heavy (non-hydrogen) atoms. The quantitative estimate of drug-likeness (QED) is 0.491. The van der Waals surface area contributed by atoms with Gasteiger partial charge in [-0.2, -0.15) is 0 Å². The van der Waals surface area contributed by atoms with Crippen molar-refractivity contribution < 1.29 is 0 Å². The lowest BCUT2D eigenvalue weighted by Crippen LogP contribution is -2.05. The molecule has 0 aliphatic rings. The molecule has 3 heterocycles. The van der Waals surface area contributed by atoms with Gasteiger partial charge in [-0.1, -0.05) is 0 Å². The van der Waals surface area contributed by atoms with Crippen LogP contribution in [0.3, 0.4) is 0 Å². The van der Waals surface area contributed by atoms with Crippen LogP contribution in [0.25, 0.3) is 29.7 Å². The maximum atomic E-state index is 8.82. The summed E-state index contributed by atoms with van der Waals surface area (Å²) >= 11 is 5.20. The van der Waals surface area contributed by atoms with E-state index < -0.39 is 0 Å². The van der Waals surface area contributed by atoms with Gasteiger partial charge >= 0.3 is 0 Å². The second kappa shape index (κ2) is 4.92. The van der Waals surface area contributed by atoms with Crippen molar-refractivity contribution in [2.24, 2.45) is 0 Å². The normalized spacial score (nSPS) is 11.7. The summed E-state index contributed by atoms with van der Waals surface area (Å²) in [4.78, 5) is 6.29. The first kappa shape index (κ1) is 13.1. The number of allylic oxidation sites excluding steroid dienone is 1. The predicted molar refractivity (Wildman–Crippen MR) is 89.6 cm³/mol. The van der Waals surface area contributed by atoms with Crippen molar-refractivity contribution in [3.05, 3.63) is 34.1 Å². The summed E-state index contributed by atoms with van der Waals surface area (Å²) in [5.74, 6) is 0. The molecule has 0 amide bonds. The Bertz CT molecular complexity index is 893. The number of rotatable bonds is 2. The first-order valence-electron chi connectivity index (χ1n) is 5.75. The van der Waals surface area contributed by atoms with E-state index in [4.69, 9.17) is 11.8 Å². The Morgan fingerprint density at radius 2 is 1.95 bits per heavy atom. The van der Waals surface area contributed by atoms with E-state index in [1.54, 1.807) is 40.1 Å². The Labute approximate surface area is 128 Å². The fraction of sp³-hybridized carbons (Fsp3) is 0.143. The van der Waals surface area contributed by atoms with Gasteiger partial charge in [0.2, 0.25) is 0 Å². The first-order valence-corrected chi connectivity index (χ1v) is 8.20. The van der Waals surface area contributed by atoms with E-state index >= 15 is 0 Å². The van der Waals surface area contributed by atoms with Crippen LogP contribution in [0, 0.1) is 17.9 Å². The number of nitriles is 1. The van der Waals surface area contributed by atoms with Gasteiger partial charge in [-0.05, 0) is 18.2 Å². The topological polar surface area (TPSA) is 31.4 Å². The lowest BCUT2D eigenvalue weighted by Gasteiger charge is -2.06. The third kappa shape index (κ3) is 2.08. The summed E-state index contributed by atoms with van der Waals surface area (Å²) in [6.07, 6.45) is 1.66. The van der Waals surface area contributed by atoms with Crippen LogP contribution in [0.4, 0.5) is 5.00 Å². The molecule has 0 saturated carbocycles. The average molecular weight is 315 g/mol. The molecule has 0 fully saturated rings. The third-order valence-electron chi connectivity index (χ3n) is 2.78. The summed E-state index contributed by atoms with van der Waals surface area (Å²) in [5.41, 5.74) is 0.135. The van der Waals surface area contributed by atoms with Gasteiger partial charge in [-0.15, -0.1) is 34.0 Å². The minimum Gasteiger partial charge on any atom is -0.370 e. The Morgan fingerprint density at radius 3 is 2.60 bits per heavy atom. The second-order valence-corrected chi connectivity index (χ2v) is 7.57. The highest BCUT2D eigenvalue weighted by atomic mass is 32.1. The molecule has 6 heteroatoms. The van der Waals surface area contributed by atoms with Gasteiger partial charge in [0.15, 0.2) is 0 Å². The minimum atomic E-state index is 0.135. The molecule has 3 rings (SSSR count). The molecule has 0 aliphatic heterocycles. The summed E-state index contributed by atoms with van der Waals surface area (Å²) in [6, 6.07) is 6.19. The number of nitrogens with zero attached hydrogens (tertiary/aromatic N) is 3. The number of hydrogen-bond acceptors (Lipinski definition) is 5. The van der Waals surface area contributed by atoms with Crippen molar-refractivity contribution in [1.29, 1.82) is 5.26 Å². The first-order chi connectivity index (χ1) is 9.62. The fourth-order valence-electron chi connectivity index (χ4n) is 1.86. The standard InChI is InChI=1S/C14H9N3S3/c1-16-8(7-15)4-9-5-10-13(18-9)14-11(19-10)6-12(20-14)17(2)3/h4-6H,2-3H3/b8-4-. The second-order valence-electron chi connectivity index (χ2n) is 4.37. The summed E-state index contributed by atoms with van der Waals surface area (Å²) in [6.45, 7) is 6.93. The van der Waals surface area contributed by atoms with Gasteiger partial charge < -0.3 is 4.90 Å². The maximum Gasteiger partial charge on any atom is 0.263 e. The van der Waals surface area contributed by atoms with E-state index in [1.807, 2.05) is 20.2 Å². The van der Waals surface area contributed by atoms with Crippen molar-refractivity contribution in [2.45, 2.75) is 0 Å². The molecule has 98 valence electrons. The van der Waals surface area contributed by atoms with E-state index in [0.29, 0.717) is 0 Å². The van der Waals surface area contributed by atoms with Crippen molar-refractivity contribution in [3.8, 4) is 6.07 Å². The van der Waals surface area contributed by atoms with E-state index in [1.165, 1.54) is 23.8 Å². The Hall–Kier alpha value is -1.86. The molecule has 0 atom stereocenters. The number of thiophene rings is 3. The SMILES string of the molecule is [C-]#[N+]/C(C#N)=C\c1cc2sc3cc(N(C)C)sc3c2s1. The van der Waals surface area contributed by atoms with Crippen molar-refractivity contribution in [1.82, 2.24) is 0 Å². The molecule has 0 aliphatic carbocycles. The molecular formula is C14H9N3S3. The van der Waals surface area contributed by atoms with Crippen LogP contribution in [-0.2, 0) is 0 Å². The Morgan fingerprint density at radius 1 is 1.25 bits per heavy atom. The van der Waals surface area contributed by atoms with Crippen LogP contribution in [0.2, 0.25) is 0 Å². The van der Waals surface area contributed by atoms with Gasteiger partial charge in [0.1, 0.15) is 0 Å². The van der Waals surface area contributed by atoms with Gasteiger partial charge in [-0.3, -0.25) is 0 Å². The molecular weight excluding hydrogens is 306 g/mol. The van der Waals surface area contributed by atoms with E-state index in [2.05, 4.69) is 21.9 Å². The lowest BCUT2D eigenvalue weighted by atomic mass is 10.3. The third-order valence-corrected chi connectivity index (χ3v) is 6.67. The monoisotopic (exact) mass is 315 g/mol. The zero-order valence-corrected chi connectivity index (χ0v) is 13.2. The summed E-state index contributed by atoms with van der Waals surface area (Å²) in [7, 11) is 4.09. The molecule has 0 unspecified atom stereocenters. The van der Waals surface area contributed by atoms with E-state index in [9.17, 15) is 0 Å². The zero-order chi connectivity index (χ0) is 14.3. The molecule has 0 saturated heterocycles. The molecule has 3 nitrogen and oxygen atoms in total. The minimum absolute atomic E-state index is 0.135. The van der Waals surface area contributed by atoms with Crippen LogP contribution in [-0.4, -0.2) is 14.1 Å². The number of anilines is 1. The van der Waals surface area contributed by atoms with Gasteiger partial charge in [0.05, 0.1) is 27.0 Å². The predicted octanol–water partition coefficient (Wildman–Crippen LogP) is 5.03. The molecule has 0 spiro atoms. The van der Waals surface area contributed by atoms with Crippen LogP contribution < -0.4 is 4.90 Å². The number of fused-ring (bicyclic) bond motifs is 3. The van der Waals surface area contributed by atoms with Crippen molar-refractivity contribution in [2.75, 3.05) is 19.0 Å². The van der Waals surface area contributed by atoms with Crippen LogP contribution >= 0.6 is 34.0 Å². The van der Waals surface area contributed by atoms with Crippen LogP contribution in [0.15, 0.2) is 17.8 Å².